The summed E-state index contributed by atoms with van der Waals surface area (Å²) in [5.74, 6) is 3.10. The fourth-order valence-corrected chi connectivity index (χ4v) is 6.72. The quantitative estimate of drug-likeness (QED) is 0.295. The Morgan fingerprint density at radius 1 is 1.09 bits per heavy atom. The molecule has 2 fully saturated rings. The zero-order chi connectivity index (χ0) is 31.5. The number of carbonyl (C=O) groups is 2. The summed E-state index contributed by atoms with van der Waals surface area (Å²) < 4.78 is 49.7. The van der Waals surface area contributed by atoms with Crippen molar-refractivity contribution in [3.63, 3.8) is 0 Å². The number of amides is 2. The van der Waals surface area contributed by atoms with Crippen LogP contribution in [0.1, 0.15) is 28.9 Å². The van der Waals surface area contributed by atoms with Crippen molar-refractivity contribution in [1.29, 1.82) is 0 Å². The number of hydrogen-bond donors (Lipinski definition) is 3. The third kappa shape index (κ3) is 6.79. The molecule has 1 unspecified atom stereocenters. The van der Waals surface area contributed by atoms with E-state index in [1.54, 1.807) is 41.4 Å². The van der Waals surface area contributed by atoms with Crippen molar-refractivity contribution in [3.8, 4) is 17.6 Å². The highest BCUT2D eigenvalue weighted by molar-refractivity contribution is 7.99. The van der Waals surface area contributed by atoms with Crippen molar-refractivity contribution in [2.24, 2.45) is 5.92 Å². The van der Waals surface area contributed by atoms with Gasteiger partial charge in [0.2, 0.25) is 5.91 Å². The van der Waals surface area contributed by atoms with Crippen LogP contribution in [0.15, 0.2) is 41.6 Å². The number of anilines is 2. The molecule has 7 rings (SSSR count). The molecule has 2 saturated heterocycles. The number of thioether (sulfide) groups is 1. The third-order valence-corrected chi connectivity index (χ3v) is 9.16. The van der Waals surface area contributed by atoms with Crippen LogP contribution in [0.25, 0.3) is 5.65 Å². The minimum absolute atomic E-state index is 0.0271. The molecule has 238 valence electrons. The van der Waals surface area contributed by atoms with Crippen molar-refractivity contribution < 1.29 is 27.5 Å². The number of fused-ring (bicyclic) bond motifs is 7. The minimum atomic E-state index is -2.71. The molecule has 2 amide bonds. The third-order valence-electron chi connectivity index (χ3n) is 8.37. The summed E-state index contributed by atoms with van der Waals surface area (Å²) in [4.78, 5) is 34.6. The van der Waals surface area contributed by atoms with Gasteiger partial charge in [-0.05, 0) is 67.4 Å². The van der Waals surface area contributed by atoms with Gasteiger partial charge in [-0.1, -0.05) is 5.92 Å². The van der Waals surface area contributed by atoms with E-state index >= 15 is 4.39 Å². The van der Waals surface area contributed by atoms with E-state index in [-0.39, 0.29) is 41.5 Å². The standard InChI is InChI=1S/C31H34F3N7O3S/c1-44-26-7-6-19-16-25(26)35-10-2-4-24-30(45-31(33)34)41-12-3-5-23(27(41)38-24)37-22-9-14-40(18-21(22)32)29(43)20-8-13-39(17-20)15-11-36-28(19)42/h3,5-7,12,16,20-22,31,35,37H,8-11,13-15,17-18H2,1H3,(H,36,42)/t20-,21-,22+/m0/s1. The molecule has 14 heteroatoms. The molecule has 3 N–H and O–H groups in total. The van der Waals surface area contributed by atoms with E-state index in [1.165, 1.54) is 11.5 Å². The van der Waals surface area contributed by atoms with E-state index < -0.39 is 18.0 Å². The number of nitrogens with zero attached hydrogens (tertiary/aromatic N) is 4. The Morgan fingerprint density at radius 2 is 1.96 bits per heavy atom. The van der Waals surface area contributed by atoms with Gasteiger partial charge >= 0.3 is 0 Å². The highest BCUT2D eigenvalue weighted by atomic mass is 32.2. The lowest BCUT2D eigenvalue weighted by Gasteiger charge is -2.36. The number of benzene rings is 1. The fourth-order valence-electron chi connectivity index (χ4n) is 6.08. The van der Waals surface area contributed by atoms with Gasteiger partial charge in [-0.15, -0.1) is 0 Å². The van der Waals surface area contributed by atoms with E-state index in [1.807, 2.05) is 0 Å². The largest absolute Gasteiger partial charge is 0.495 e. The van der Waals surface area contributed by atoms with Gasteiger partial charge in [0, 0.05) is 37.9 Å². The lowest BCUT2D eigenvalue weighted by molar-refractivity contribution is -0.137. The SMILES string of the molecule is COc1ccc2cc1NCC#Cc1nc3c(cccn3c1SC(F)F)N[C@@H]1CCN(C[C@@H]1F)C(=O)[C@H]1CCN(CCNC2=O)C1. The Morgan fingerprint density at radius 3 is 2.76 bits per heavy atom. The molecular weight excluding hydrogens is 607 g/mol. The van der Waals surface area contributed by atoms with E-state index in [0.29, 0.717) is 79.1 Å². The second kappa shape index (κ2) is 13.5. The molecule has 6 heterocycles. The first-order valence-electron chi connectivity index (χ1n) is 14.9. The van der Waals surface area contributed by atoms with Crippen molar-refractivity contribution >= 4 is 40.6 Å². The predicted octanol–water partition coefficient (Wildman–Crippen LogP) is 3.54. The van der Waals surface area contributed by atoms with Gasteiger partial charge in [0.15, 0.2) is 5.65 Å². The minimum Gasteiger partial charge on any atom is -0.495 e. The molecule has 0 saturated carbocycles. The van der Waals surface area contributed by atoms with Crippen LogP contribution < -0.4 is 20.7 Å². The topological polar surface area (TPSA) is 103 Å². The van der Waals surface area contributed by atoms with E-state index in [4.69, 9.17) is 4.74 Å². The number of nitrogens with one attached hydrogen (secondary N) is 3. The Balaban J connectivity index is 1.32. The summed E-state index contributed by atoms with van der Waals surface area (Å²) >= 11 is 0.336. The average Bonchev–Trinajstić information content (AvgIpc) is 3.64. The first-order chi connectivity index (χ1) is 21.8. The number of ether oxygens (including phenoxy) is 1. The number of halogens is 3. The summed E-state index contributed by atoms with van der Waals surface area (Å²) in [5, 5.41) is 9.47. The van der Waals surface area contributed by atoms with Gasteiger partial charge in [0.1, 0.15) is 22.6 Å². The molecule has 0 spiro atoms. The summed E-state index contributed by atoms with van der Waals surface area (Å²) in [6.45, 7) is 2.78. The van der Waals surface area contributed by atoms with Crippen molar-refractivity contribution in [2.45, 2.75) is 35.8 Å². The van der Waals surface area contributed by atoms with E-state index in [9.17, 15) is 18.4 Å². The summed E-state index contributed by atoms with van der Waals surface area (Å²) in [5.41, 5.74) is 1.98. The molecule has 0 radical (unpaired) electrons. The maximum atomic E-state index is 15.5. The van der Waals surface area contributed by atoms with Crippen molar-refractivity contribution in [2.75, 3.05) is 63.6 Å². The fraction of sp³-hybridized carbons (Fsp3) is 0.452. The van der Waals surface area contributed by atoms with Crippen LogP contribution in [0.5, 0.6) is 5.75 Å². The Labute approximate surface area is 263 Å². The maximum absolute atomic E-state index is 15.5. The van der Waals surface area contributed by atoms with E-state index in [0.717, 1.165) is 6.54 Å². The average molecular weight is 642 g/mol. The number of carbonyl (C=O) groups excluding carboxylic acids is 2. The second-order valence-corrected chi connectivity index (χ2v) is 12.2. The van der Waals surface area contributed by atoms with E-state index in [2.05, 4.69) is 37.7 Å². The number of aromatic nitrogens is 2. The zero-order valence-corrected chi connectivity index (χ0v) is 25.5. The van der Waals surface area contributed by atoms with Crippen LogP contribution in [-0.2, 0) is 4.79 Å². The number of methoxy groups -OCH3 is 1. The lowest BCUT2D eigenvalue weighted by atomic mass is 9.99. The number of imidazole rings is 1. The van der Waals surface area contributed by atoms with Gasteiger partial charge in [-0.3, -0.25) is 14.0 Å². The molecule has 10 nitrogen and oxygen atoms in total. The van der Waals surface area contributed by atoms with Crippen molar-refractivity contribution in [3.05, 3.63) is 47.8 Å². The lowest BCUT2D eigenvalue weighted by Crippen LogP contribution is -2.51. The maximum Gasteiger partial charge on any atom is 0.290 e. The Hall–Kier alpha value is -4.09. The molecule has 4 aliphatic heterocycles. The van der Waals surface area contributed by atoms with Gasteiger partial charge in [-0.25, -0.2) is 9.37 Å². The van der Waals surface area contributed by atoms with Crippen molar-refractivity contribution in [1.82, 2.24) is 24.5 Å². The Bertz CT molecular complexity index is 1640. The van der Waals surface area contributed by atoms with Crippen LogP contribution in [0.3, 0.4) is 0 Å². The van der Waals surface area contributed by atoms with Crippen LogP contribution in [0, 0.1) is 17.8 Å². The first kappa shape index (κ1) is 30.9. The number of piperidine rings is 1. The molecule has 0 aliphatic carbocycles. The van der Waals surface area contributed by atoms with Crippen LogP contribution in [0.2, 0.25) is 0 Å². The number of hydrogen-bond acceptors (Lipinski definition) is 8. The van der Waals surface area contributed by atoms with Crippen LogP contribution in [0.4, 0.5) is 24.5 Å². The number of pyridine rings is 1. The molecule has 8 bridgehead atoms. The molecule has 3 aromatic rings. The summed E-state index contributed by atoms with van der Waals surface area (Å²) in [6.07, 6.45) is 1.36. The smallest absolute Gasteiger partial charge is 0.290 e. The zero-order valence-electron chi connectivity index (χ0n) is 24.7. The van der Waals surface area contributed by atoms with Gasteiger partial charge in [0.25, 0.3) is 11.7 Å². The highest BCUT2D eigenvalue weighted by Crippen LogP contribution is 2.33. The van der Waals surface area contributed by atoms with Crippen LogP contribution >= 0.6 is 11.8 Å². The van der Waals surface area contributed by atoms with Crippen LogP contribution in [-0.4, -0.2) is 102 Å². The normalized spacial score (nSPS) is 24.1. The molecule has 4 atom stereocenters. The molecule has 2 aromatic heterocycles. The molecule has 45 heavy (non-hydrogen) atoms. The molecular formula is C31H34F3N7O3S. The van der Waals surface area contributed by atoms with Gasteiger partial charge in [-0.2, -0.15) is 8.78 Å². The summed E-state index contributed by atoms with van der Waals surface area (Å²) in [6, 6.07) is 7.85. The number of alkyl halides is 3. The van der Waals surface area contributed by atoms with Gasteiger partial charge in [0.05, 0.1) is 43.5 Å². The van der Waals surface area contributed by atoms with Gasteiger partial charge < -0.3 is 30.5 Å². The highest BCUT2D eigenvalue weighted by Gasteiger charge is 2.37. The predicted molar refractivity (Wildman–Crippen MR) is 166 cm³/mol. The second-order valence-electron chi connectivity index (χ2n) is 11.2. The monoisotopic (exact) mass is 641 g/mol. The molecule has 4 aliphatic rings. The summed E-state index contributed by atoms with van der Waals surface area (Å²) in [7, 11) is 1.52. The Kier molecular flexibility index (Phi) is 9.27. The molecule has 1 aromatic carbocycles. The first-order valence-corrected chi connectivity index (χ1v) is 15.7. The number of rotatable bonds is 3.